The van der Waals surface area contributed by atoms with E-state index >= 15 is 0 Å². The van der Waals surface area contributed by atoms with Crippen LogP contribution in [-0.2, 0) is 4.74 Å². The van der Waals surface area contributed by atoms with Crippen LogP contribution in [0.2, 0.25) is 0 Å². The Balaban J connectivity index is 1.42. The van der Waals surface area contributed by atoms with Crippen LogP contribution in [0.15, 0.2) is 0 Å². The summed E-state index contributed by atoms with van der Waals surface area (Å²) in [5, 5.41) is 0. The monoisotopic (exact) mass is 181 g/mol. The van der Waals surface area contributed by atoms with Crippen LogP contribution in [0, 0.1) is 5.92 Å². The average Bonchev–Trinajstić information content (AvgIpc) is 2.64. The number of fused-ring (bicyclic) bond motifs is 1. The molecule has 3 atom stereocenters. The van der Waals surface area contributed by atoms with Crippen molar-refractivity contribution < 1.29 is 4.74 Å². The van der Waals surface area contributed by atoms with Crippen LogP contribution in [0.4, 0.5) is 0 Å². The van der Waals surface area contributed by atoms with Gasteiger partial charge in [0, 0.05) is 19.2 Å². The van der Waals surface area contributed by atoms with Crippen molar-refractivity contribution in [3.05, 3.63) is 0 Å². The maximum absolute atomic E-state index is 5.63. The Bertz CT molecular complexity index is 189. The average molecular weight is 181 g/mol. The molecule has 0 amide bonds. The van der Waals surface area contributed by atoms with Gasteiger partial charge in [-0.2, -0.15) is 0 Å². The number of nitrogens with zero attached hydrogens (tertiary/aromatic N) is 1. The van der Waals surface area contributed by atoms with Gasteiger partial charge in [-0.25, -0.2) is 0 Å². The number of rotatable bonds is 3. The summed E-state index contributed by atoms with van der Waals surface area (Å²) in [5.41, 5.74) is 0. The van der Waals surface area contributed by atoms with Gasteiger partial charge in [-0.05, 0) is 44.6 Å². The van der Waals surface area contributed by atoms with Crippen LogP contribution < -0.4 is 0 Å². The number of hydrogen-bond donors (Lipinski definition) is 0. The topological polar surface area (TPSA) is 12.5 Å². The summed E-state index contributed by atoms with van der Waals surface area (Å²) >= 11 is 0. The zero-order valence-electron chi connectivity index (χ0n) is 8.24. The lowest BCUT2D eigenvalue weighted by Crippen LogP contribution is -2.27. The highest BCUT2D eigenvalue weighted by Crippen LogP contribution is 2.44. The third-order valence-corrected chi connectivity index (χ3v) is 3.90. The molecule has 0 radical (unpaired) electrons. The molecule has 2 saturated heterocycles. The van der Waals surface area contributed by atoms with Gasteiger partial charge in [-0.15, -0.1) is 0 Å². The van der Waals surface area contributed by atoms with Gasteiger partial charge in [0.1, 0.15) is 0 Å². The first kappa shape index (κ1) is 8.25. The van der Waals surface area contributed by atoms with Crippen molar-refractivity contribution >= 4 is 0 Å². The smallest absolute Gasteiger partial charge is 0.0588 e. The normalized spacial score (nSPS) is 43.8. The Morgan fingerprint density at radius 3 is 2.92 bits per heavy atom. The van der Waals surface area contributed by atoms with Crippen molar-refractivity contribution in [3.8, 4) is 0 Å². The maximum atomic E-state index is 5.63. The van der Waals surface area contributed by atoms with Crippen LogP contribution in [0.1, 0.15) is 32.1 Å². The predicted octanol–water partition coefficient (Wildman–Crippen LogP) is 1.65. The number of hydrogen-bond acceptors (Lipinski definition) is 2. The van der Waals surface area contributed by atoms with Crippen LogP contribution in [0.5, 0.6) is 0 Å². The van der Waals surface area contributed by atoms with Crippen LogP contribution in [0.25, 0.3) is 0 Å². The Hall–Kier alpha value is -0.0800. The second-order valence-corrected chi connectivity index (χ2v) is 4.81. The van der Waals surface area contributed by atoms with Crippen molar-refractivity contribution in [2.45, 2.75) is 44.2 Å². The minimum atomic E-state index is 0.595. The fraction of sp³-hybridized carbons (Fsp3) is 1.00. The summed E-state index contributed by atoms with van der Waals surface area (Å²) in [6, 6.07) is 0.987. The number of piperidine rings is 1. The van der Waals surface area contributed by atoms with E-state index in [1.54, 1.807) is 0 Å². The lowest BCUT2D eigenvalue weighted by Gasteiger charge is -2.19. The zero-order valence-corrected chi connectivity index (χ0v) is 8.24. The number of likely N-dealkylation sites (tertiary alicyclic amines) is 1. The lowest BCUT2D eigenvalue weighted by molar-refractivity contribution is 0.0930. The molecular formula is C11H19NO. The zero-order chi connectivity index (χ0) is 8.67. The Morgan fingerprint density at radius 1 is 1.31 bits per heavy atom. The summed E-state index contributed by atoms with van der Waals surface area (Å²) in [6.45, 7) is 3.67. The second-order valence-electron chi connectivity index (χ2n) is 4.81. The van der Waals surface area contributed by atoms with Crippen molar-refractivity contribution in [3.63, 3.8) is 0 Å². The molecule has 1 saturated carbocycles. The van der Waals surface area contributed by atoms with Gasteiger partial charge in [-0.3, -0.25) is 4.90 Å². The quantitative estimate of drug-likeness (QED) is 0.656. The molecule has 2 heterocycles. The molecule has 3 aliphatic rings. The molecule has 1 aliphatic carbocycles. The highest BCUT2D eigenvalue weighted by atomic mass is 16.5. The molecule has 2 nitrogen and oxygen atoms in total. The molecule has 3 rings (SSSR count). The third kappa shape index (κ3) is 1.62. The van der Waals surface area contributed by atoms with Crippen LogP contribution >= 0.6 is 0 Å². The van der Waals surface area contributed by atoms with Gasteiger partial charge in [0.05, 0.1) is 6.10 Å². The van der Waals surface area contributed by atoms with E-state index in [2.05, 4.69) is 4.90 Å². The van der Waals surface area contributed by atoms with Gasteiger partial charge in [0.2, 0.25) is 0 Å². The largest absolute Gasteiger partial charge is 0.378 e. The minimum Gasteiger partial charge on any atom is -0.378 e. The van der Waals surface area contributed by atoms with E-state index in [9.17, 15) is 0 Å². The minimum absolute atomic E-state index is 0.595. The Morgan fingerprint density at radius 2 is 2.31 bits per heavy atom. The number of ether oxygens (including phenoxy) is 1. The van der Waals surface area contributed by atoms with Gasteiger partial charge >= 0.3 is 0 Å². The van der Waals surface area contributed by atoms with Crippen LogP contribution in [-0.4, -0.2) is 36.7 Å². The SMILES string of the molecule is C1COC(CCN2CCC3CC32)C1. The fourth-order valence-electron chi connectivity index (χ4n) is 2.95. The Labute approximate surface area is 80.2 Å². The third-order valence-electron chi connectivity index (χ3n) is 3.90. The summed E-state index contributed by atoms with van der Waals surface area (Å²) < 4.78 is 5.63. The van der Waals surface area contributed by atoms with Gasteiger partial charge in [-0.1, -0.05) is 0 Å². The first-order chi connectivity index (χ1) is 6.43. The maximum Gasteiger partial charge on any atom is 0.0588 e. The van der Waals surface area contributed by atoms with E-state index in [1.165, 1.54) is 45.2 Å². The first-order valence-corrected chi connectivity index (χ1v) is 5.79. The second kappa shape index (κ2) is 3.25. The highest BCUT2D eigenvalue weighted by Gasteiger charge is 2.46. The molecule has 13 heavy (non-hydrogen) atoms. The molecule has 3 fully saturated rings. The molecule has 0 aromatic carbocycles. The van der Waals surface area contributed by atoms with Gasteiger partial charge < -0.3 is 4.74 Å². The molecule has 0 spiro atoms. The Kier molecular flexibility index (Phi) is 2.06. The molecule has 74 valence electrons. The fourth-order valence-corrected chi connectivity index (χ4v) is 2.95. The molecule has 3 unspecified atom stereocenters. The van der Waals surface area contributed by atoms with Crippen molar-refractivity contribution in [2.75, 3.05) is 19.7 Å². The van der Waals surface area contributed by atoms with Gasteiger partial charge in [0.15, 0.2) is 0 Å². The molecule has 0 bridgehead atoms. The van der Waals surface area contributed by atoms with E-state index in [-0.39, 0.29) is 0 Å². The van der Waals surface area contributed by atoms with E-state index < -0.39 is 0 Å². The van der Waals surface area contributed by atoms with E-state index in [1.807, 2.05) is 0 Å². The molecule has 0 aromatic rings. The van der Waals surface area contributed by atoms with E-state index in [0.717, 1.165) is 18.6 Å². The van der Waals surface area contributed by atoms with Crippen molar-refractivity contribution in [1.82, 2.24) is 4.90 Å². The lowest BCUT2D eigenvalue weighted by atomic mass is 10.2. The molecule has 0 N–H and O–H groups in total. The molecule has 2 heteroatoms. The highest BCUT2D eigenvalue weighted by molar-refractivity contribution is 5.00. The van der Waals surface area contributed by atoms with Crippen molar-refractivity contribution in [1.29, 1.82) is 0 Å². The van der Waals surface area contributed by atoms with E-state index in [4.69, 9.17) is 4.74 Å². The van der Waals surface area contributed by atoms with Crippen molar-refractivity contribution in [2.24, 2.45) is 5.92 Å². The first-order valence-electron chi connectivity index (χ1n) is 5.79. The molecule has 0 aromatic heterocycles. The predicted molar refractivity (Wildman–Crippen MR) is 51.7 cm³/mol. The summed E-state index contributed by atoms with van der Waals surface area (Å²) in [4.78, 5) is 2.69. The molecule has 2 aliphatic heterocycles. The standard InChI is InChI=1S/C11H19NO/c1-2-10(13-7-1)4-6-12-5-3-9-8-11(9)12/h9-11H,1-8H2. The summed E-state index contributed by atoms with van der Waals surface area (Å²) in [7, 11) is 0. The van der Waals surface area contributed by atoms with Crippen LogP contribution in [0.3, 0.4) is 0 Å². The van der Waals surface area contributed by atoms with Gasteiger partial charge in [0.25, 0.3) is 0 Å². The summed E-state index contributed by atoms with van der Waals surface area (Å²) in [6.07, 6.45) is 7.43. The summed E-state index contributed by atoms with van der Waals surface area (Å²) in [5.74, 6) is 1.09. The van der Waals surface area contributed by atoms with E-state index in [0.29, 0.717) is 6.10 Å². The molecular weight excluding hydrogens is 162 g/mol.